The summed E-state index contributed by atoms with van der Waals surface area (Å²) in [6.07, 6.45) is 1.45. The number of ether oxygens (including phenoxy) is 1. The van der Waals surface area contributed by atoms with Gasteiger partial charge in [0, 0.05) is 12.3 Å². The van der Waals surface area contributed by atoms with Gasteiger partial charge in [0.2, 0.25) is 0 Å². The molecule has 1 atom stereocenters. The fourth-order valence-electron chi connectivity index (χ4n) is 3.58. The van der Waals surface area contributed by atoms with Gasteiger partial charge < -0.3 is 4.74 Å². The Bertz CT molecular complexity index is 740. The number of hydrogen-bond donors (Lipinski definition) is 0. The summed E-state index contributed by atoms with van der Waals surface area (Å²) in [5.41, 5.74) is 7.84. The normalized spacial score (nSPS) is 15.8. The minimum Gasteiger partial charge on any atom is -0.497 e. The smallest absolute Gasteiger partial charge is 0.119 e. The van der Waals surface area contributed by atoms with Crippen LogP contribution in [0.25, 0.3) is 0 Å². The zero-order valence-electron chi connectivity index (χ0n) is 12.7. The summed E-state index contributed by atoms with van der Waals surface area (Å²) in [4.78, 5) is 0. The van der Waals surface area contributed by atoms with Crippen molar-refractivity contribution in [3.63, 3.8) is 0 Å². The summed E-state index contributed by atoms with van der Waals surface area (Å²) < 4.78 is 5.35. The largest absolute Gasteiger partial charge is 0.497 e. The van der Waals surface area contributed by atoms with Crippen LogP contribution in [0.5, 0.6) is 5.75 Å². The molecule has 1 aliphatic carbocycles. The van der Waals surface area contributed by atoms with E-state index in [9.17, 15) is 5.26 Å². The van der Waals surface area contributed by atoms with E-state index in [1.165, 1.54) is 33.4 Å². The molecule has 0 saturated carbocycles. The molecular weight excluding hydrogens is 258 g/mol. The maximum atomic E-state index is 9.24. The molecule has 0 aromatic heterocycles. The standard InChI is InChI=1S/C19H19NO/c1-12-8-13(2)19-15(9-12)10-14-11-16(21-3)4-5-17(14)18(19)6-7-20/h4-5,8-9,11,18H,6,10H2,1-3H3/t18-/m1/s1. The second kappa shape index (κ2) is 5.26. The highest BCUT2D eigenvalue weighted by atomic mass is 16.5. The molecular formula is C19H19NO. The molecule has 0 heterocycles. The lowest BCUT2D eigenvalue weighted by molar-refractivity contribution is 0.414. The van der Waals surface area contributed by atoms with Gasteiger partial charge in [-0.2, -0.15) is 5.26 Å². The van der Waals surface area contributed by atoms with Crippen LogP contribution in [0.4, 0.5) is 0 Å². The Labute approximate surface area is 126 Å². The first kappa shape index (κ1) is 13.7. The Morgan fingerprint density at radius 1 is 1.19 bits per heavy atom. The number of benzene rings is 2. The third kappa shape index (κ3) is 2.29. The van der Waals surface area contributed by atoms with Crippen molar-refractivity contribution >= 4 is 0 Å². The van der Waals surface area contributed by atoms with E-state index in [1.807, 2.05) is 6.07 Å². The molecule has 0 fully saturated rings. The molecule has 0 bridgehead atoms. The molecule has 0 saturated heterocycles. The van der Waals surface area contributed by atoms with E-state index in [2.05, 4.69) is 44.2 Å². The molecule has 21 heavy (non-hydrogen) atoms. The molecule has 0 unspecified atom stereocenters. The van der Waals surface area contributed by atoms with Gasteiger partial charge in [0.1, 0.15) is 5.75 Å². The third-order valence-electron chi connectivity index (χ3n) is 4.37. The maximum Gasteiger partial charge on any atom is 0.119 e. The van der Waals surface area contributed by atoms with Gasteiger partial charge >= 0.3 is 0 Å². The number of fused-ring (bicyclic) bond motifs is 2. The van der Waals surface area contributed by atoms with Crippen LogP contribution in [0, 0.1) is 25.2 Å². The average molecular weight is 277 g/mol. The van der Waals surface area contributed by atoms with E-state index < -0.39 is 0 Å². The average Bonchev–Trinajstić information content (AvgIpc) is 2.45. The summed E-state index contributed by atoms with van der Waals surface area (Å²) in [6, 6.07) is 13.1. The maximum absolute atomic E-state index is 9.24. The molecule has 2 nitrogen and oxygen atoms in total. The van der Waals surface area contributed by atoms with Crippen molar-refractivity contribution in [1.82, 2.24) is 0 Å². The summed E-state index contributed by atoms with van der Waals surface area (Å²) in [6.45, 7) is 4.29. The van der Waals surface area contributed by atoms with Crippen LogP contribution in [0.1, 0.15) is 45.7 Å². The summed E-state index contributed by atoms with van der Waals surface area (Å²) in [7, 11) is 1.69. The zero-order chi connectivity index (χ0) is 15.0. The molecule has 0 radical (unpaired) electrons. The van der Waals surface area contributed by atoms with Gasteiger partial charge in [0.25, 0.3) is 0 Å². The number of rotatable bonds is 2. The van der Waals surface area contributed by atoms with Gasteiger partial charge in [-0.1, -0.05) is 23.8 Å². The van der Waals surface area contributed by atoms with E-state index in [1.54, 1.807) is 7.11 Å². The topological polar surface area (TPSA) is 33.0 Å². The molecule has 2 aromatic rings. The molecule has 3 rings (SSSR count). The fourth-order valence-corrected chi connectivity index (χ4v) is 3.58. The van der Waals surface area contributed by atoms with E-state index >= 15 is 0 Å². The first-order chi connectivity index (χ1) is 10.1. The predicted octanol–water partition coefficient (Wildman–Crippen LogP) is 4.26. The number of aryl methyl sites for hydroxylation is 2. The van der Waals surface area contributed by atoms with Crippen molar-refractivity contribution in [3.05, 3.63) is 63.7 Å². The Kier molecular flexibility index (Phi) is 3.43. The number of nitriles is 1. The van der Waals surface area contributed by atoms with Crippen LogP contribution >= 0.6 is 0 Å². The van der Waals surface area contributed by atoms with Crippen LogP contribution in [-0.4, -0.2) is 7.11 Å². The van der Waals surface area contributed by atoms with Crippen molar-refractivity contribution in [2.45, 2.75) is 32.6 Å². The minimum atomic E-state index is 0.181. The summed E-state index contributed by atoms with van der Waals surface area (Å²) in [5.74, 6) is 1.07. The Morgan fingerprint density at radius 3 is 2.71 bits per heavy atom. The lowest BCUT2D eigenvalue weighted by Gasteiger charge is -2.29. The highest BCUT2D eigenvalue weighted by molar-refractivity contribution is 5.55. The van der Waals surface area contributed by atoms with Gasteiger partial charge in [-0.25, -0.2) is 0 Å². The zero-order valence-corrected chi connectivity index (χ0v) is 12.7. The Balaban J connectivity index is 2.20. The van der Waals surface area contributed by atoms with E-state index in [0.717, 1.165) is 12.2 Å². The van der Waals surface area contributed by atoms with Crippen molar-refractivity contribution in [2.24, 2.45) is 0 Å². The number of methoxy groups -OCH3 is 1. The van der Waals surface area contributed by atoms with Crippen molar-refractivity contribution < 1.29 is 4.74 Å². The van der Waals surface area contributed by atoms with E-state index in [-0.39, 0.29) is 5.92 Å². The molecule has 0 aliphatic heterocycles. The Hall–Kier alpha value is -2.27. The van der Waals surface area contributed by atoms with Crippen LogP contribution in [0.2, 0.25) is 0 Å². The monoisotopic (exact) mass is 277 g/mol. The van der Waals surface area contributed by atoms with Gasteiger partial charge in [0.05, 0.1) is 13.2 Å². The quantitative estimate of drug-likeness (QED) is 0.821. The SMILES string of the molecule is COc1ccc2c(c1)Cc1cc(C)cc(C)c1[C@@H]2CC#N. The van der Waals surface area contributed by atoms with Crippen LogP contribution in [0.15, 0.2) is 30.3 Å². The first-order valence-corrected chi connectivity index (χ1v) is 7.27. The van der Waals surface area contributed by atoms with Gasteiger partial charge in [-0.15, -0.1) is 0 Å². The Morgan fingerprint density at radius 2 is 2.00 bits per heavy atom. The highest BCUT2D eigenvalue weighted by Crippen LogP contribution is 2.41. The first-order valence-electron chi connectivity index (χ1n) is 7.27. The van der Waals surface area contributed by atoms with Crippen molar-refractivity contribution in [3.8, 4) is 11.8 Å². The van der Waals surface area contributed by atoms with Crippen LogP contribution in [0.3, 0.4) is 0 Å². The molecule has 0 amide bonds. The van der Waals surface area contributed by atoms with E-state index in [4.69, 9.17) is 4.74 Å². The predicted molar refractivity (Wildman–Crippen MR) is 83.8 cm³/mol. The van der Waals surface area contributed by atoms with Crippen molar-refractivity contribution in [1.29, 1.82) is 5.26 Å². The molecule has 0 N–H and O–H groups in total. The molecule has 2 aromatic carbocycles. The second-order valence-electron chi connectivity index (χ2n) is 5.81. The second-order valence-corrected chi connectivity index (χ2v) is 5.81. The van der Waals surface area contributed by atoms with Crippen LogP contribution < -0.4 is 4.74 Å². The van der Waals surface area contributed by atoms with Crippen molar-refractivity contribution in [2.75, 3.05) is 7.11 Å². The lowest BCUT2D eigenvalue weighted by Crippen LogP contribution is -2.15. The van der Waals surface area contributed by atoms with Gasteiger partial charge in [0.15, 0.2) is 0 Å². The van der Waals surface area contributed by atoms with Gasteiger partial charge in [-0.3, -0.25) is 0 Å². The van der Waals surface area contributed by atoms with Gasteiger partial charge in [-0.05, 0) is 60.2 Å². The fraction of sp³-hybridized carbons (Fsp3) is 0.316. The molecule has 1 aliphatic rings. The van der Waals surface area contributed by atoms with E-state index in [0.29, 0.717) is 6.42 Å². The molecule has 2 heteroatoms. The summed E-state index contributed by atoms with van der Waals surface area (Å²) in [5, 5.41) is 9.24. The molecule has 0 spiro atoms. The lowest BCUT2D eigenvalue weighted by atomic mass is 9.74. The highest BCUT2D eigenvalue weighted by Gasteiger charge is 2.27. The number of nitrogens with zero attached hydrogens (tertiary/aromatic N) is 1. The summed E-state index contributed by atoms with van der Waals surface area (Å²) >= 11 is 0. The molecule has 106 valence electrons. The number of hydrogen-bond acceptors (Lipinski definition) is 2. The van der Waals surface area contributed by atoms with Crippen LogP contribution in [-0.2, 0) is 6.42 Å². The third-order valence-corrected chi connectivity index (χ3v) is 4.37. The minimum absolute atomic E-state index is 0.181.